The summed E-state index contributed by atoms with van der Waals surface area (Å²) in [6.45, 7) is 7.28. The highest BCUT2D eigenvalue weighted by Gasteiger charge is 2.30. The van der Waals surface area contributed by atoms with Crippen LogP contribution in [0.4, 0.5) is 0 Å². The van der Waals surface area contributed by atoms with E-state index in [1.165, 1.54) is 212 Å². The average Bonchev–Trinajstić information content (AvgIpc) is 3.22. The molecule has 17 nitrogen and oxygen atoms in total. The summed E-state index contributed by atoms with van der Waals surface area (Å²) in [7, 11) is -9.91. The first-order valence-electron chi connectivity index (χ1n) is 38.7. The van der Waals surface area contributed by atoms with Crippen molar-refractivity contribution in [3.05, 3.63) is 0 Å². The van der Waals surface area contributed by atoms with Crippen LogP contribution in [0.5, 0.6) is 0 Å². The van der Waals surface area contributed by atoms with Crippen LogP contribution in [0, 0.1) is 5.92 Å². The van der Waals surface area contributed by atoms with E-state index in [1.54, 1.807) is 0 Å². The van der Waals surface area contributed by atoms with Crippen molar-refractivity contribution in [1.29, 1.82) is 0 Å². The monoisotopic (exact) mass is 1370 g/mol. The molecule has 0 amide bonds. The first kappa shape index (κ1) is 91.1. The number of esters is 4. The van der Waals surface area contributed by atoms with Gasteiger partial charge in [-0.2, -0.15) is 0 Å². The number of unbranched alkanes of at least 4 members (excludes halogenated alkanes) is 45. The number of rotatable bonds is 74. The Morgan fingerprint density at radius 2 is 0.516 bits per heavy atom. The molecule has 0 aromatic rings. The lowest BCUT2D eigenvalue weighted by Crippen LogP contribution is -2.30. The molecule has 0 aromatic heterocycles. The second-order valence-electron chi connectivity index (χ2n) is 26.9. The van der Waals surface area contributed by atoms with Gasteiger partial charge in [-0.05, 0) is 31.6 Å². The molecule has 3 unspecified atom stereocenters. The zero-order chi connectivity index (χ0) is 68.4. The Balaban J connectivity index is 5.25. The lowest BCUT2D eigenvalue weighted by atomic mass is 9.99. The van der Waals surface area contributed by atoms with Crippen LogP contribution >= 0.6 is 15.6 Å². The number of carbonyl (C=O) groups excluding carboxylic acids is 4. The molecule has 0 aliphatic carbocycles. The van der Waals surface area contributed by atoms with Gasteiger partial charge in [0.15, 0.2) is 12.2 Å². The number of ether oxygens (including phenoxy) is 4. The topological polar surface area (TPSA) is 237 Å². The minimum Gasteiger partial charge on any atom is -0.462 e. The third-order valence-corrected chi connectivity index (χ3v) is 19.5. The zero-order valence-corrected chi connectivity index (χ0v) is 62.2. The molecule has 0 aromatic carbocycles. The molecule has 0 spiro atoms. The first-order valence-corrected chi connectivity index (χ1v) is 41.7. The number of hydrogen-bond donors (Lipinski definition) is 3. The van der Waals surface area contributed by atoms with Gasteiger partial charge in [-0.3, -0.25) is 37.3 Å². The van der Waals surface area contributed by atoms with E-state index in [-0.39, 0.29) is 25.7 Å². The van der Waals surface area contributed by atoms with Gasteiger partial charge < -0.3 is 33.8 Å². The van der Waals surface area contributed by atoms with Crippen LogP contribution in [0.2, 0.25) is 0 Å². The largest absolute Gasteiger partial charge is 0.472 e. The fourth-order valence-electron chi connectivity index (χ4n) is 11.3. The predicted octanol–water partition coefficient (Wildman–Crippen LogP) is 21.7. The van der Waals surface area contributed by atoms with Crippen molar-refractivity contribution >= 4 is 39.5 Å². The van der Waals surface area contributed by atoms with Crippen LogP contribution in [-0.4, -0.2) is 96.7 Å². The van der Waals surface area contributed by atoms with Gasteiger partial charge in [0.1, 0.15) is 19.3 Å². The Kier molecular flexibility index (Phi) is 65.9. The van der Waals surface area contributed by atoms with Crippen molar-refractivity contribution in [3.63, 3.8) is 0 Å². The fourth-order valence-corrected chi connectivity index (χ4v) is 12.9. The van der Waals surface area contributed by atoms with E-state index in [0.717, 1.165) is 95.8 Å². The Morgan fingerprint density at radius 1 is 0.301 bits per heavy atom. The Hall–Kier alpha value is -1.94. The van der Waals surface area contributed by atoms with E-state index in [0.29, 0.717) is 25.7 Å². The van der Waals surface area contributed by atoms with Crippen LogP contribution in [-0.2, 0) is 65.4 Å². The van der Waals surface area contributed by atoms with Crippen molar-refractivity contribution in [3.8, 4) is 0 Å². The maximum absolute atomic E-state index is 13.1. The molecular weight excluding hydrogens is 1220 g/mol. The third kappa shape index (κ3) is 67.0. The standard InChI is InChI=1S/C74H144O17P2/c1-6-10-13-16-19-22-25-27-29-30-32-35-38-44-49-54-59-73(78)90-69(63-85-72(77)58-53-48-43-37-34-31-28-26-23-20-17-14-11-7-2)65-88-92(80,81)86-61-68(75)62-87-93(82,83)89-66-70(64-84-71(76)57-52-47-42-36-33-24-21-18-15-12-8-3)91-74(79)60-55-50-45-40-39-41-46-51-56-67(5)9-4/h67-70,75H,6-66H2,1-5H3,(H,80,81)(H,82,83)/t67?,68-,69-,70-/m1/s1. The fraction of sp³-hybridized carbons (Fsp3) is 0.946. The molecule has 19 heteroatoms. The van der Waals surface area contributed by atoms with Crippen LogP contribution < -0.4 is 0 Å². The predicted molar refractivity (Wildman–Crippen MR) is 377 cm³/mol. The highest BCUT2D eigenvalue weighted by Crippen LogP contribution is 2.45. The Morgan fingerprint density at radius 3 is 0.763 bits per heavy atom. The number of phosphoric ester groups is 2. The van der Waals surface area contributed by atoms with Gasteiger partial charge in [-0.25, -0.2) is 9.13 Å². The van der Waals surface area contributed by atoms with E-state index in [4.69, 9.17) is 37.0 Å². The molecule has 93 heavy (non-hydrogen) atoms. The Bertz CT molecular complexity index is 1790. The lowest BCUT2D eigenvalue weighted by Gasteiger charge is -2.21. The summed E-state index contributed by atoms with van der Waals surface area (Å²) in [6.07, 6.45) is 55.3. The molecule has 0 aliphatic rings. The van der Waals surface area contributed by atoms with Crippen molar-refractivity contribution in [2.24, 2.45) is 5.92 Å². The van der Waals surface area contributed by atoms with Crippen molar-refractivity contribution in [1.82, 2.24) is 0 Å². The van der Waals surface area contributed by atoms with Gasteiger partial charge in [-0.15, -0.1) is 0 Å². The molecule has 0 saturated carbocycles. The molecular formula is C74H144O17P2. The van der Waals surface area contributed by atoms with Crippen molar-refractivity contribution < 1.29 is 80.2 Å². The third-order valence-electron chi connectivity index (χ3n) is 17.6. The summed E-state index contributed by atoms with van der Waals surface area (Å²) in [6, 6.07) is 0. The molecule has 6 atom stereocenters. The van der Waals surface area contributed by atoms with E-state index in [9.17, 15) is 43.2 Å². The van der Waals surface area contributed by atoms with E-state index >= 15 is 0 Å². The maximum Gasteiger partial charge on any atom is 0.472 e. The first-order chi connectivity index (χ1) is 45.1. The lowest BCUT2D eigenvalue weighted by molar-refractivity contribution is -0.161. The summed E-state index contributed by atoms with van der Waals surface area (Å²) in [5.41, 5.74) is 0. The number of hydrogen-bond acceptors (Lipinski definition) is 15. The molecule has 0 radical (unpaired) electrons. The average molecular weight is 1370 g/mol. The zero-order valence-electron chi connectivity index (χ0n) is 60.4. The molecule has 0 rings (SSSR count). The van der Waals surface area contributed by atoms with Gasteiger partial charge >= 0.3 is 39.5 Å². The van der Waals surface area contributed by atoms with Gasteiger partial charge in [0.2, 0.25) is 0 Å². The number of aliphatic hydroxyl groups is 1. The summed E-state index contributed by atoms with van der Waals surface area (Å²) >= 11 is 0. The molecule has 0 bridgehead atoms. The number of phosphoric acid groups is 2. The minimum atomic E-state index is -4.95. The normalized spacial score (nSPS) is 14.3. The van der Waals surface area contributed by atoms with E-state index in [1.807, 2.05) is 0 Å². The minimum absolute atomic E-state index is 0.106. The SMILES string of the molecule is CCCCCCCCCCCCCCCCCCC(=O)O[C@H](COC(=O)CCCCCCCCCCCCCCCC)COP(=O)(O)OC[C@@H](O)COP(=O)(O)OC[C@@H](COC(=O)CCCCCCCCCCCCC)OC(=O)CCCCCCCCCCC(C)CC. The van der Waals surface area contributed by atoms with E-state index < -0.39 is 97.5 Å². The summed E-state index contributed by atoms with van der Waals surface area (Å²) < 4.78 is 68.5. The second-order valence-corrected chi connectivity index (χ2v) is 29.8. The van der Waals surface area contributed by atoms with E-state index in [2.05, 4.69) is 34.6 Å². The molecule has 552 valence electrons. The molecule has 0 saturated heterocycles. The Labute approximate surface area is 568 Å². The van der Waals surface area contributed by atoms with Crippen LogP contribution in [0.3, 0.4) is 0 Å². The molecule has 0 fully saturated rings. The summed E-state index contributed by atoms with van der Waals surface area (Å²) in [4.78, 5) is 72.7. The summed E-state index contributed by atoms with van der Waals surface area (Å²) in [5, 5.41) is 10.6. The van der Waals surface area contributed by atoms with Gasteiger partial charge in [-0.1, -0.05) is 336 Å². The number of aliphatic hydroxyl groups excluding tert-OH is 1. The number of carbonyl (C=O) groups is 4. The quantitative estimate of drug-likeness (QED) is 0.0222. The van der Waals surface area contributed by atoms with Crippen molar-refractivity contribution in [2.75, 3.05) is 39.6 Å². The van der Waals surface area contributed by atoms with Gasteiger partial charge in [0.05, 0.1) is 26.4 Å². The van der Waals surface area contributed by atoms with Crippen LogP contribution in [0.15, 0.2) is 0 Å². The maximum atomic E-state index is 13.1. The highest BCUT2D eigenvalue weighted by atomic mass is 31.2. The summed E-state index contributed by atoms with van der Waals surface area (Å²) in [5.74, 6) is -1.35. The molecule has 0 heterocycles. The van der Waals surface area contributed by atoms with Crippen LogP contribution in [0.1, 0.15) is 388 Å². The molecule has 0 aliphatic heterocycles. The van der Waals surface area contributed by atoms with Crippen LogP contribution in [0.25, 0.3) is 0 Å². The second kappa shape index (κ2) is 67.3. The highest BCUT2D eigenvalue weighted by molar-refractivity contribution is 7.47. The van der Waals surface area contributed by atoms with Gasteiger partial charge in [0, 0.05) is 25.7 Å². The van der Waals surface area contributed by atoms with Gasteiger partial charge in [0.25, 0.3) is 0 Å². The molecule has 3 N–H and O–H groups in total. The smallest absolute Gasteiger partial charge is 0.462 e. The van der Waals surface area contributed by atoms with Crippen molar-refractivity contribution in [2.45, 2.75) is 406 Å².